The second-order valence-electron chi connectivity index (χ2n) is 9.57. The summed E-state index contributed by atoms with van der Waals surface area (Å²) in [5.74, 6) is 0. The molecule has 2 N–H and O–H groups in total. The standard InChI is InChI=1S/C28H43N5O/c1-25(2)30-28(34)33-19-10-18-31(23-26-11-5-3-6-12-26)20-16-29-15-9-17-32(21-22-33)24-27-13-7-4-8-14-27/h3-8,11-14,25,29H,9-10,15-24H2,1-2H3,(H,30,34). The quantitative estimate of drug-likeness (QED) is 0.705. The van der Waals surface area contributed by atoms with E-state index < -0.39 is 0 Å². The van der Waals surface area contributed by atoms with Crippen LogP contribution in [0.4, 0.5) is 4.79 Å². The van der Waals surface area contributed by atoms with E-state index in [0.29, 0.717) is 0 Å². The lowest BCUT2D eigenvalue weighted by atomic mass is 10.2. The lowest BCUT2D eigenvalue weighted by molar-refractivity contribution is 0.169. The highest BCUT2D eigenvalue weighted by atomic mass is 16.2. The number of urea groups is 1. The Balaban J connectivity index is 1.64. The van der Waals surface area contributed by atoms with Gasteiger partial charge in [0.1, 0.15) is 0 Å². The second kappa shape index (κ2) is 14.8. The van der Waals surface area contributed by atoms with Crippen molar-refractivity contribution in [1.29, 1.82) is 0 Å². The number of amides is 2. The molecular weight excluding hydrogens is 422 g/mol. The third kappa shape index (κ3) is 9.84. The molecule has 2 amide bonds. The summed E-state index contributed by atoms with van der Waals surface area (Å²) in [5, 5.41) is 6.75. The van der Waals surface area contributed by atoms with Crippen LogP contribution in [0.1, 0.15) is 37.8 Å². The number of hydrogen-bond donors (Lipinski definition) is 2. The van der Waals surface area contributed by atoms with Crippen LogP contribution in [-0.2, 0) is 13.1 Å². The van der Waals surface area contributed by atoms with Crippen LogP contribution in [0.5, 0.6) is 0 Å². The Morgan fingerprint density at radius 1 is 0.765 bits per heavy atom. The third-order valence-electron chi connectivity index (χ3n) is 6.22. The molecule has 3 rings (SSSR count). The lowest BCUT2D eigenvalue weighted by Crippen LogP contribution is -2.47. The number of rotatable bonds is 5. The fraction of sp³-hybridized carbons (Fsp3) is 0.536. The zero-order chi connectivity index (χ0) is 24.0. The Hall–Kier alpha value is -2.41. The van der Waals surface area contributed by atoms with E-state index in [1.54, 1.807) is 0 Å². The van der Waals surface area contributed by atoms with Crippen LogP contribution in [0, 0.1) is 0 Å². The first-order valence-electron chi connectivity index (χ1n) is 12.9. The topological polar surface area (TPSA) is 50.9 Å². The summed E-state index contributed by atoms with van der Waals surface area (Å²) in [6, 6.07) is 21.5. The molecule has 2 aromatic rings. The average Bonchev–Trinajstić information content (AvgIpc) is 2.83. The van der Waals surface area contributed by atoms with Gasteiger partial charge in [-0.05, 0) is 50.9 Å². The summed E-state index contributed by atoms with van der Waals surface area (Å²) < 4.78 is 0. The Kier molecular flexibility index (Phi) is 11.4. The third-order valence-corrected chi connectivity index (χ3v) is 6.22. The maximum atomic E-state index is 13.0. The number of nitrogens with one attached hydrogen (secondary N) is 2. The van der Waals surface area contributed by atoms with Crippen LogP contribution >= 0.6 is 0 Å². The summed E-state index contributed by atoms with van der Waals surface area (Å²) in [7, 11) is 0. The second-order valence-corrected chi connectivity index (χ2v) is 9.57. The van der Waals surface area contributed by atoms with Gasteiger partial charge in [-0.1, -0.05) is 60.7 Å². The van der Waals surface area contributed by atoms with E-state index in [1.807, 2.05) is 18.7 Å². The van der Waals surface area contributed by atoms with E-state index in [9.17, 15) is 4.79 Å². The molecule has 6 nitrogen and oxygen atoms in total. The molecule has 1 aliphatic heterocycles. The first-order chi connectivity index (χ1) is 16.6. The minimum atomic E-state index is 0.0537. The smallest absolute Gasteiger partial charge is 0.317 e. The van der Waals surface area contributed by atoms with E-state index in [-0.39, 0.29) is 12.1 Å². The van der Waals surface area contributed by atoms with E-state index >= 15 is 0 Å². The van der Waals surface area contributed by atoms with Crippen molar-refractivity contribution >= 4 is 6.03 Å². The monoisotopic (exact) mass is 465 g/mol. The van der Waals surface area contributed by atoms with Crippen LogP contribution in [0.2, 0.25) is 0 Å². The van der Waals surface area contributed by atoms with Gasteiger partial charge in [0, 0.05) is 58.4 Å². The minimum absolute atomic E-state index is 0.0537. The van der Waals surface area contributed by atoms with Gasteiger partial charge in [0.15, 0.2) is 0 Å². The van der Waals surface area contributed by atoms with Crippen molar-refractivity contribution in [2.24, 2.45) is 0 Å². The van der Waals surface area contributed by atoms with Crippen LogP contribution in [0.15, 0.2) is 60.7 Å². The zero-order valence-corrected chi connectivity index (χ0v) is 21.1. The predicted molar refractivity (Wildman–Crippen MR) is 141 cm³/mol. The van der Waals surface area contributed by atoms with E-state index in [0.717, 1.165) is 78.3 Å². The Labute approximate surface area is 206 Å². The molecule has 0 atom stereocenters. The number of nitrogens with zero attached hydrogens (tertiary/aromatic N) is 3. The van der Waals surface area contributed by atoms with Crippen molar-refractivity contribution in [1.82, 2.24) is 25.3 Å². The number of carbonyl (C=O) groups is 1. The molecule has 2 aromatic carbocycles. The van der Waals surface area contributed by atoms with Crippen LogP contribution in [0.3, 0.4) is 0 Å². The molecule has 34 heavy (non-hydrogen) atoms. The average molecular weight is 466 g/mol. The predicted octanol–water partition coefficient (Wildman–Crippen LogP) is 3.79. The summed E-state index contributed by atoms with van der Waals surface area (Å²) in [6.07, 6.45) is 2.07. The largest absolute Gasteiger partial charge is 0.336 e. The molecule has 0 aliphatic carbocycles. The van der Waals surface area contributed by atoms with Crippen molar-refractivity contribution in [3.63, 3.8) is 0 Å². The minimum Gasteiger partial charge on any atom is -0.336 e. The fourth-order valence-corrected chi connectivity index (χ4v) is 4.41. The SMILES string of the molecule is CC(C)NC(=O)N1CCCN(Cc2ccccc2)CCNCCCN(Cc2ccccc2)CC1. The van der Waals surface area contributed by atoms with Crippen molar-refractivity contribution in [2.75, 3.05) is 52.4 Å². The van der Waals surface area contributed by atoms with Gasteiger partial charge in [-0.15, -0.1) is 0 Å². The molecule has 1 heterocycles. The van der Waals surface area contributed by atoms with Crippen LogP contribution in [-0.4, -0.2) is 79.1 Å². The summed E-state index contributed by atoms with van der Waals surface area (Å²) >= 11 is 0. The molecule has 0 bridgehead atoms. The first kappa shape index (κ1) is 26.2. The van der Waals surface area contributed by atoms with Gasteiger partial charge in [0.05, 0.1) is 0 Å². The Bertz CT molecular complexity index is 814. The van der Waals surface area contributed by atoms with Crippen molar-refractivity contribution < 1.29 is 4.79 Å². The van der Waals surface area contributed by atoms with Crippen LogP contribution < -0.4 is 10.6 Å². The van der Waals surface area contributed by atoms with E-state index in [2.05, 4.69) is 81.1 Å². The van der Waals surface area contributed by atoms with Gasteiger partial charge in [0.2, 0.25) is 0 Å². The number of benzene rings is 2. The molecule has 1 fully saturated rings. The molecule has 0 aromatic heterocycles. The number of hydrogen-bond acceptors (Lipinski definition) is 4. The highest BCUT2D eigenvalue weighted by Crippen LogP contribution is 2.08. The highest BCUT2D eigenvalue weighted by molar-refractivity contribution is 5.74. The maximum Gasteiger partial charge on any atom is 0.317 e. The first-order valence-corrected chi connectivity index (χ1v) is 12.9. The molecule has 1 saturated heterocycles. The van der Waals surface area contributed by atoms with E-state index in [4.69, 9.17) is 0 Å². The maximum absolute atomic E-state index is 13.0. The van der Waals surface area contributed by atoms with Crippen molar-refractivity contribution in [3.05, 3.63) is 71.8 Å². The molecule has 0 unspecified atom stereocenters. The van der Waals surface area contributed by atoms with Gasteiger partial charge >= 0.3 is 6.03 Å². The highest BCUT2D eigenvalue weighted by Gasteiger charge is 2.17. The molecule has 0 saturated carbocycles. The summed E-state index contributed by atoms with van der Waals surface area (Å²) in [6.45, 7) is 13.4. The fourth-order valence-electron chi connectivity index (χ4n) is 4.41. The molecule has 6 heteroatoms. The normalized spacial score (nSPS) is 17.9. The zero-order valence-electron chi connectivity index (χ0n) is 21.1. The molecule has 0 radical (unpaired) electrons. The van der Waals surface area contributed by atoms with Gasteiger partial charge in [0.25, 0.3) is 0 Å². The van der Waals surface area contributed by atoms with E-state index in [1.165, 1.54) is 11.1 Å². The van der Waals surface area contributed by atoms with Gasteiger partial charge in [-0.25, -0.2) is 4.79 Å². The van der Waals surface area contributed by atoms with Gasteiger partial charge in [-0.2, -0.15) is 0 Å². The molecule has 0 spiro atoms. The van der Waals surface area contributed by atoms with Gasteiger partial charge in [-0.3, -0.25) is 9.80 Å². The van der Waals surface area contributed by atoms with Gasteiger partial charge < -0.3 is 15.5 Å². The van der Waals surface area contributed by atoms with Crippen LogP contribution in [0.25, 0.3) is 0 Å². The van der Waals surface area contributed by atoms with Crippen molar-refractivity contribution in [3.8, 4) is 0 Å². The molecule has 186 valence electrons. The van der Waals surface area contributed by atoms with Crippen molar-refractivity contribution in [2.45, 2.75) is 45.8 Å². The molecular formula is C28H43N5O. The molecule has 1 aliphatic rings. The lowest BCUT2D eigenvalue weighted by Gasteiger charge is -2.30. The summed E-state index contributed by atoms with van der Waals surface area (Å²) in [5.41, 5.74) is 2.67. The Morgan fingerprint density at radius 3 is 1.97 bits per heavy atom. The number of carbonyl (C=O) groups excluding carboxylic acids is 1. The Morgan fingerprint density at radius 2 is 1.35 bits per heavy atom. The summed E-state index contributed by atoms with van der Waals surface area (Å²) in [4.78, 5) is 20.0.